The van der Waals surface area contributed by atoms with Crippen LogP contribution in [0, 0.1) is 11.8 Å². The van der Waals surface area contributed by atoms with Crippen LogP contribution in [0.1, 0.15) is 44.2 Å². The minimum Gasteiger partial charge on any atom is -0.508 e. The number of fused-ring (bicyclic) bond motifs is 4. The van der Waals surface area contributed by atoms with Crippen LogP contribution in [-0.2, 0) is 11.8 Å². The van der Waals surface area contributed by atoms with E-state index in [1.54, 1.807) is 0 Å². The predicted octanol–water partition coefficient (Wildman–Crippen LogP) is 3.64. The number of hydrogen-bond acceptors (Lipinski definition) is 1. The highest BCUT2D eigenvalue weighted by atomic mass is 16.3. The van der Waals surface area contributed by atoms with Gasteiger partial charge in [0.2, 0.25) is 0 Å². The fraction of sp³-hybridized carbons (Fsp3) is 0.600. The molecule has 0 amide bonds. The summed E-state index contributed by atoms with van der Waals surface area (Å²) < 4.78 is 0. The molecule has 2 aliphatic carbocycles. The van der Waals surface area contributed by atoms with Crippen molar-refractivity contribution in [1.82, 2.24) is 0 Å². The molecule has 0 spiro atoms. The molecule has 1 aromatic rings. The standard InChI is InChI=1S/C15H20O/c1-10-11-4-3-7-15(10,2)14-9-13(16)6-5-12(14)8-11/h5-6,9-11,16H,3-4,7-8H2,1-2H3/t10?,11?,15-/m1/s1. The van der Waals surface area contributed by atoms with Crippen molar-refractivity contribution >= 4 is 0 Å². The quantitative estimate of drug-likeness (QED) is 0.702. The third kappa shape index (κ3) is 1.24. The first kappa shape index (κ1) is 10.2. The average Bonchev–Trinajstić information content (AvgIpc) is 2.25. The van der Waals surface area contributed by atoms with Crippen molar-refractivity contribution in [2.45, 2.75) is 44.9 Å². The Kier molecular flexibility index (Phi) is 2.07. The van der Waals surface area contributed by atoms with E-state index in [2.05, 4.69) is 19.9 Å². The van der Waals surface area contributed by atoms with E-state index in [1.165, 1.54) is 36.8 Å². The second-order valence-corrected chi connectivity index (χ2v) is 5.90. The van der Waals surface area contributed by atoms with Gasteiger partial charge in [0, 0.05) is 0 Å². The molecule has 0 radical (unpaired) electrons. The van der Waals surface area contributed by atoms with Crippen molar-refractivity contribution in [2.75, 3.05) is 0 Å². The zero-order chi connectivity index (χ0) is 11.3. The van der Waals surface area contributed by atoms with E-state index in [0.717, 1.165) is 11.8 Å². The van der Waals surface area contributed by atoms with Gasteiger partial charge in [0.05, 0.1) is 0 Å². The van der Waals surface area contributed by atoms with Crippen molar-refractivity contribution in [3.63, 3.8) is 0 Å². The van der Waals surface area contributed by atoms with Gasteiger partial charge in [-0.1, -0.05) is 26.3 Å². The fourth-order valence-electron chi connectivity index (χ4n) is 3.94. The van der Waals surface area contributed by atoms with Gasteiger partial charge >= 0.3 is 0 Å². The van der Waals surface area contributed by atoms with E-state index in [-0.39, 0.29) is 0 Å². The van der Waals surface area contributed by atoms with Gasteiger partial charge in [0.1, 0.15) is 5.75 Å². The summed E-state index contributed by atoms with van der Waals surface area (Å²) in [7, 11) is 0. The number of phenolic OH excluding ortho intramolecular Hbond substituents is 1. The highest BCUT2D eigenvalue weighted by molar-refractivity contribution is 5.43. The van der Waals surface area contributed by atoms with Crippen molar-refractivity contribution < 1.29 is 5.11 Å². The zero-order valence-corrected chi connectivity index (χ0v) is 10.2. The molecular weight excluding hydrogens is 196 g/mol. The second kappa shape index (κ2) is 3.26. The van der Waals surface area contributed by atoms with Crippen LogP contribution in [0.15, 0.2) is 18.2 Å². The molecule has 1 aromatic carbocycles. The number of benzene rings is 1. The third-order valence-corrected chi connectivity index (χ3v) is 5.17. The van der Waals surface area contributed by atoms with Crippen LogP contribution in [0.4, 0.5) is 0 Å². The van der Waals surface area contributed by atoms with E-state index in [1.807, 2.05) is 12.1 Å². The SMILES string of the molecule is CC1C2CCC[C@@]1(C)c1cc(O)ccc1C2. The van der Waals surface area contributed by atoms with Gasteiger partial charge in [-0.15, -0.1) is 0 Å². The molecule has 0 aromatic heterocycles. The summed E-state index contributed by atoms with van der Waals surface area (Å²) in [5, 5.41) is 9.69. The highest BCUT2D eigenvalue weighted by Crippen LogP contribution is 2.52. The molecule has 3 atom stereocenters. The van der Waals surface area contributed by atoms with Crippen molar-refractivity contribution in [3.05, 3.63) is 29.3 Å². The summed E-state index contributed by atoms with van der Waals surface area (Å²) in [6.07, 6.45) is 5.23. The van der Waals surface area contributed by atoms with Crippen LogP contribution >= 0.6 is 0 Å². The summed E-state index contributed by atoms with van der Waals surface area (Å²) in [6, 6.07) is 5.98. The molecule has 1 saturated carbocycles. The van der Waals surface area contributed by atoms with Gasteiger partial charge in [-0.05, 0) is 59.8 Å². The first-order valence-electron chi connectivity index (χ1n) is 6.43. The first-order valence-corrected chi connectivity index (χ1v) is 6.43. The lowest BCUT2D eigenvalue weighted by molar-refractivity contribution is 0.124. The maximum atomic E-state index is 9.69. The Morgan fingerprint density at radius 3 is 3.00 bits per heavy atom. The Labute approximate surface area is 97.5 Å². The average molecular weight is 216 g/mol. The van der Waals surface area contributed by atoms with Gasteiger partial charge in [-0.3, -0.25) is 0 Å². The van der Waals surface area contributed by atoms with E-state index >= 15 is 0 Å². The lowest BCUT2D eigenvalue weighted by Gasteiger charge is -2.50. The van der Waals surface area contributed by atoms with E-state index in [4.69, 9.17) is 0 Å². The van der Waals surface area contributed by atoms with Crippen LogP contribution < -0.4 is 0 Å². The molecule has 1 N–H and O–H groups in total. The molecule has 2 bridgehead atoms. The molecule has 2 aliphatic rings. The summed E-state index contributed by atoms with van der Waals surface area (Å²) in [6.45, 7) is 4.79. The van der Waals surface area contributed by atoms with Gasteiger partial charge in [-0.25, -0.2) is 0 Å². The van der Waals surface area contributed by atoms with E-state index in [0.29, 0.717) is 11.2 Å². The Balaban J connectivity index is 2.18. The molecule has 0 aliphatic heterocycles. The second-order valence-electron chi connectivity index (χ2n) is 5.90. The molecule has 16 heavy (non-hydrogen) atoms. The molecule has 1 nitrogen and oxygen atoms in total. The molecule has 2 unspecified atom stereocenters. The molecule has 1 heteroatoms. The van der Waals surface area contributed by atoms with Gasteiger partial charge in [0.25, 0.3) is 0 Å². The number of phenols is 1. The molecule has 1 fully saturated rings. The summed E-state index contributed by atoms with van der Waals surface area (Å²) >= 11 is 0. The van der Waals surface area contributed by atoms with Crippen LogP contribution in [0.25, 0.3) is 0 Å². The monoisotopic (exact) mass is 216 g/mol. The third-order valence-electron chi connectivity index (χ3n) is 5.17. The lowest BCUT2D eigenvalue weighted by Crippen LogP contribution is -2.44. The maximum Gasteiger partial charge on any atom is 0.115 e. The number of rotatable bonds is 0. The Morgan fingerprint density at radius 1 is 1.38 bits per heavy atom. The normalized spacial score (nSPS) is 36.9. The number of aromatic hydroxyl groups is 1. The number of hydrogen-bond donors (Lipinski definition) is 1. The van der Waals surface area contributed by atoms with Crippen LogP contribution in [0.5, 0.6) is 5.75 Å². The maximum absolute atomic E-state index is 9.69. The minimum absolute atomic E-state index is 0.301. The molecule has 0 saturated heterocycles. The summed E-state index contributed by atoms with van der Waals surface area (Å²) in [5.74, 6) is 2.04. The van der Waals surface area contributed by atoms with E-state index < -0.39 is 0 Å². The predicted molar refractivity (Wildman–Crippen MR) is 65.7 cm³/mol. The smallest absolute Gasteiger partial charge is 0.115 e. The molecule has 0 heterocycles. The molecule has 86 valence electrons. The van der Waals surface area contributed by atoms with Gasteiger partial charge in [-0.2, -0.15) is 0 Å². The molecular formula is C15H20O. The zero-order valence-electron chi connectivity index (χ0n) is 10.2. The van der Waals surface area contributed by atoms with Gasteiger partial charge < -0.3 is 5.11 Å². The Hall–Kier alpha value is -0.980. The van der Waals surface area contributed by atoms with Gasteiger partial charge in [0.15, 0.2) is 0 Å². The van der Waals surface area contributed by atoms with Crippen LogP contribution in [-0.4, -0.2) is 5.11 Å². The summed E-state index contributed by atoms with van der Waals surface area (Å²) in [4.78, 5) is 0. The van der Waals surface area contributed by atoms with Crippen molar-refractivity contribution in [3.8, 4) is 5.75 Å². The highest BCUT2D eigenvalue weighted by Gasteiger charge is 2.45. The first-order chi connectivity index (χ1) is 7.61. The van der Waals surface area contributed by atoms with E-state index in [9.17, 15) is 5.11 Å². The minimum atomic E-state index is 0.301. The largest absolute Gasteiger partial charge is 0.508 e. The lowest BCUT2D eigenvalue weighted by atomic mass is 9.55. The van der Waals surface area contributed by atoms with Crippen LogP contribution in [0.3, 0.4) is 0 Å². The van der Waals surface area contributed by atoms with Crippen molar-refractivity contribution in [2.24, 2.45) is 11.8 Å². The van der Waals surface area contributed by atoms with Crippen molar-refractivity contribution in [1.29, 1.82) is 0 Å². The summed E-state index contributed by atoms with van der Waals surface area (Å²) in [5.41, 5.74) is 3.19. The fourth-order valence-corrected chi connectivity index (χ4v) is 3.94. The van der Waals surface area contributed by atoms with Crippen LogP contribution in [0.2, 0.25) is 0 Å². The molecule has 3 rings (SSSR count). The topological polar surface area (TPSA) is 20.2 Å². The Bertz CT molecular complexity index is 423. The Morgan fingerprint density at radius 2 is 2.19 bits per heavy atom.